The van der Waals surface area contributed by atoms with Crippen molar-refractivity contribution in [3.8, 4) is 0 Å². The summed E-state index contributed by atoms with van der Waals surface area (Å²) < 4.78 is 79.4. The van der Waals surface area contributed by atoms with Crippen LogP contribution in [0.1, 0.15) is 47.8 Å². The van der Waals surface area contributed by atoms with Gasteiger partial charge < -0.3 is 16.0 Å². The van der Waals surface area contributed by atoms with E-state index in [1.165, 1.54) is 18.3 Å². The maximum Gasteiger partial charge on any atom is 0.433 e. The van der Waals surface area contributed by atoms with E-state index < -0.39 is 29.7 Å². The Bertz CT molecular complexity index is 1230. The smallest absolute Gasteiger partial charge is 0.368 e. The molecule has 0 aromatic carbocycles. The van der Waals surface area contributed by atoms with Crippen LogP contribution in [0.2, 0.25) is 0 Å². The summed E-state index contributed by atoms with van der Waals surface area (Å²) >= 11 is 0. The molecule has 2 unspecified atom stereocenters. The Morgan fingerprint density at radius 2 is 1.78 bits per heavy atom. The third-order valence-corrected chi connectivity index (χ3v) is 6.24. The van der Waals surface area contributed by atoms with Crippen LogP contribution in [0, 0.1) is 0 Å². The highest BCUT2D eigenvalue weighted by Crippen LogP contribution is 2.40. The minimum absolute atomic E-state index is 0.0249. The molecule has 0 saturated carbocycles. The first-order valence-electron chi connectivity index (χ1n) is 11.1. The maximum absolute atomic E-state index is 13.7. The van der Waals surface area contributed by atoms with Crippen LogP contribution in [0.4, 0.5) is 43.9 Å². The summed E-state index contributed by atoms with van der Waals surface area (Å²) in [6.07, 6.45) is -6.37. The van der Waals surface area contributed by atoms with Crippen molar-refractivity contribution in [2.45, 2.75) is 51.1 Å². The fourth-order valence-corrected chi connectivity index (χ4v) is 4.25. The molecule has 36 heavy (non-hydrogen) atoms. The molecule has 2 atom stereocenters. The van der Waals surface area contributed by atoms with Gasteiger partial charge in [0.25, 0.3) is 0 Å². The molecule has 1 aliphatic heterocycles. The minimum atomic E-state index is -4.57. The van der Waals surface area contributed by atoms with Crippen LogP contribution in [0.3, 0.4) is 0 Å². The quantitative estimate of drug-likeness (QED) is 0.474. The molecule has 3 aromatic rings. The topological polar surface area (TPSA) is 92.8 Å². The average molecular weight is 511 g/mol. The third-order valence-electron chi connectivity index (χ3n) is 6.24. The molecule has 0 radical (unpaired) electrons. The van der Waals surface area contributed by atoms with Crippen LogP contribution in [-0.2, 0) is 25.3 Å². The van der Waals surface area contributed by atoms with Gasteiger partial charge in [0.05, 0.1) is 11.3 Å². The number of hydrogen-bond donors (Lipinski definition) is 2. The van der Waals surface area contributed by atoms with Crippen LogP contribution >= 0.6 is 0 Å². The lowest BCUT2D eigenvalue weighted by molar-refractivity contribution is -0.141. The van der Waals surface area contributed by atoms with E-state index in [2.05, 4.69) is 25.3 Å². The summed E-state index contributed by atoms with van der Waals surface area (Å²) in [4.78, 5) is 17.7. The number of alkyl halides is 6. The lowest BCUT2D eigenvalue weighted by Crippen LogP contribution is -2.38. The first kappa shape index (κ1) is 25.5. The molecule has 0 spiro atoms. The van der Waals surface area contributed by atoms with Crippen molar-refractivity contribution in [3.05, 3.63) is 64.7 Å². The first-order chi connectivity index (χ1) is 16.9. The van der Waals surface area contributed by atoms with Gasteiger partial charge in [0.2, 0.25) is 5.95 Å². The largest absolute Gasteiger partial charge is 0.433 e. The van der Waals surface area contributed by atoms with Gasteiger partial charge in [0, 0.05) is 43.0 Å². The number of nitrogens with two attached hydrogens (primary N) is 1. The van der Waals surface area contributed by atoms with Gasteiger partial charge >= 0.3 is 12.4 Å². The van der Waals surface area contributed by atoms with Crippen LogP contribution in [0.15, 0.2) is 36.7 Å². The van der Waals surface area contributed by atoms with Crippen LogP contribution < -0.4 is 16.0 Å². The van der Waals surface area contributed by atoms with Crippen molar-refractivity contribution in [3.63, 3.8) is 0 Å². The maximum atomic E-state index is 13.7. The Morgan fingerprint density at radius 1 is 1.03 bits per heavy atom. The fourth-order valence-electron chi connectivity index (χ4n) is 4.25. The SMILES string of the molecule is CC1c2nc(N)nc(NCc3ccc(C(F)(F)F)nc3)c2CCN(c2ncccc2C(F)(F)F)C1C. The van der Waals surface area contributed by atoms with Crippen molar-refractivity contribution < 1.29 is 26.3 Å². The summed E-state index contributed by atoms with van der Waals surface area (Å²) in [6.45, 7) is 3.96. The van der Waals surface area contributed by atoms with Crippen LogP contribution in [0.5, 0.6) is 0 Å². The molecule has 0 amide bonds. The Labute approximate surface area is 202 Å². The Balaban J connectivity index is 1.63. The second-order valence-corrected chi connectivity index (χ2v) is 8.54. The van der Waals surface area contributed by atoms with E-state index >= 15 is 0 Å². The zero-order valence-corrected chi connectivity index (χ0v) is 19.3. The average Bonchev–Trinajstić information content (AvgIpc) is 2.93. The molecule has 0 fully saturated rings. The van der Waals surface area contributed by atoms with Crippen molar-refractivity contribution in [1.29, 1.82) is 0 Å². The first-order valence-corrected chi connectivity index (χ1v) is 11.1. The van der Waals surface area contributed by atoms with Crippen molar-refractivity contribution in [2.75, 3.05) is 22.5 Å². The molecule has 3 aromatic heterocycles. The molecule has 7 nitrogen and oxygen atoms in total. The van der Waals surface area contributed by atoms with E-state index in [0.29, 0.717) is 29.1 Å². The van der Waals surface area contributed by atoms with Crippen LogP contribution in [0.25, 0.3) is 0 Å². The standard InChI is InChI=1S/C23H23F6N7/c1-12-13(2)36(20-16(22(24,25)26)4-3-8-31-20)9-7-15-18(12)34-21(30)35-19(15)33-11-14-5-6-17(32-10-14)23(27,28)29/h3-6,8,10,12-13H,7,9,11H2,1-2H3,(H3,30,33,34,35). The van der Waals surface area contributed by atoms with E-state index in [0.717, 1.165) is 18.3 Å². The molecule has 0 saturated heterocycles. The summed E-state index contributed by atoms with van der Waals surface area (Å²) in [5.41, 5.74) is 5.86. The van der Waals surface area contributed by atoms with Gasteiger partial charge in [-0.1, -0.05) is 13.0 Å². The predicted octanol–water partition coefficient (Wildman–Crippen LogP) is 5.05. The molecule has 192 valence electrons. The van der Waals surface area contributed by atoms with E-state index in [4.69, 9.17) is 5.73 Å². The number of aromatic nitrogens is 4. The lowest BCUT2D eigenvalue weighted by atomic mass is 9.95. The van der Waals surface area contributed by atoms with E-state index in [1.54, 1.807) is 11.8 Å². The molecule has 13 heteroatoms. The number of nitrogens with zero attached hydrogens (tertiary/aromatic N) is 5. The summed E-state index contributed by atoms with van der Waals surface area (Å²) in [5, 5.41) is 3.08. The Kier molecular flexibility index (Phi) is 6.67. The molecule has 3 N–H and O–H groups in total. The Morgan fingerprint density at radius 3 is 2.42 bits per heavy atom. The number of rotatable bonds is 4. The number of hydrogen-bond acceptors (Lipinski definition) is 7. The second kappa shape index (κ2) is 9.43. The van der Waals surface area contributed by atoms with Gasteiger partial charge in [-0.25, -0.2) is 9.97 Å². The zero-order valence-electron chi connectivity index (χ0n) is 19.3. The van der Waals surface area contributed by atoms with Gasteiger partial charge in [-0.3, -0.25) is 4.98 Å². The summed E-state index contributed by atoms with van der Waals surface area (Å²) in [6, 6.07) is 4.04. The summed E-state index contributed by atoms with van der Waals surface area (Å²) in [7, 11) is 0. The number of fused-ring (bicyclic) bond motifs is 1. The number of pyridine rings is 2. The predicted molar refractivity (Wildman–Crippen MR) is 121 cm³/mol. The number of halogens is 6. The number of nitrogen functional groups attached to an aromatic ring is 1. The van der Waals surface area contributed by atoms with Gasteiger partial charge in [0.1, 0.15) is 17.3 Å². The van der Waals surface area contributed by atoms with Gasteiger partial charge in [0.15, 0.2) is 0 Å². The van der Waals surface area contributed by atoms with Crippen molar-refractivity contribution >= 4 is 17.6 Å². The molecular formula is C23H23F6N7. The van der Waals surface area contributed by atoms with Gasteiger partial charge in [-0.2, -0.15) is 31.3 Å². The minimum Gasteiger partial charge on any atom is -0.368 e. The molecule has 4 heterocycles. The lowest BCUT2D eigenvalue weighted by Gasteiger charge is -2.33. The highest BCUT2D eigenvalue weighted by molar-refractivity contribution is 5.56. The second-order valence-electron chi connectivity index (χ2n) is 8.54. The van der Waals surface area contributed by atoms with Gasteiger partial charge in [-0.15, -0.1) is 0 Å². The van der Waals surface area contributed by atoms with Crippen molar-refractivity contribution in [1.82, 2.24) is 19.9 Å². The molecule has 4 rings (SSSR count). The number of anilines is 3. The normalized spacial score (nSPS) is 18.5. The summed E-state index contributed by atoms with van der Waals surface area (Å²) in [5.74, 6) is -0.147. The molecule has 0 bridgehead atoms. The zero-order chi connectivity index (χ0) is 26.3. The van der Waals surface area contributed by atoms with Gasteiger partial charge in [-0.05, 0) is 37.1 Å². The third kappa shape index (κ3) is 5.14. The highest BCUT2D eigenvalue weighted by Gasteiger charge is 2.39. The Hall–Kier alpha value is -3.64. The van der Waals surface area contributed by atoms with E-state index in [9.17, 15) is 26.3 Å². The molecule has 1 aliphatic rings. The molecular weight excluding hydrogens is 488 g/mol. The monoisotopic (exact) mass is 511 g/mol. The van der Waals surface area contributed by atoms with Crippen LogP contribution in [-0.4, -0.2) is 32.5 Å². The molecule has 0 aliphatic carbocycles. The highest BCUT2D eigenvalue weighted by atomic mass is 19.4. The van der Waals surface area contributed by atoms with E-state index in [1.807, 2.05) is 6.92 Å². The fraction of sp³-hybridized carbons (Fsp3) is 0.391. The number of nitrogens with one attached hydrogen (secondary N) is 1. The van der Waals surface area contributed by atoms with Crippen molar-refractivity contribution in [2.24, 2.45) is 0 Å². The van der Waals surface area contributed by atoms with E-state index in [-0.39, 0.29) is 30.8 Å².